The summed E-state index contributed by atoms with van der Waals surface area (Å²) in [7, 11) is 5.92. The Morgan fingerprint density at radius 1 is 1.26 bits per heavy atom. The maximum Gasteiger partial charge on any atom is 0.254 e. The Kier molecular flexibility index (Phi) is 4.37. The molecule has 23 heavy (non-hydrogen) atoms. The van der Waals surface area contributed by atoms with Crippen molar-refractivity contribution in [2.24, 2.45) is 7.05 Å². The minimum Gasteiger partial charge on any atom is -0.378 e. The fraction of sp³-hybridized carbons (Fsp3) is 0.444. The summed E-state index contributed by atoms with van der Waals surface area (Å²) in [5.74, 6) is 0.111. The van der Waals surface area contributed by atoms with Crippen LogP contribution in [0.4, 0.5) is 5.69 Å². The molecular weight excluding hydrogens is 288 g/mol. The lowest BCUT2D eigenvalue weighted by atomic mass is 9.98. The van der Waals surface area contributed by atoms with Gasteiger partial charge in [-0.2, -0.15) is 5.10 Å². The highest BCUT2D eigenvalue weighted by molar-refractivity contribution is 5.95. The fourth-order valence-corrected chi connectivity index (χ4v) is 3.28. The molecule has 5 nitrogen and oxygen atoms in total. The minimum atomic E-state index is 0.111. The van der Waals surface area contributed by atoms with Crippen molar-refractivity contribution in [3.05, 3.63) is 47.8 Å². The molecule has 0 saturated carbocycles. The zero-order valence-electron chi connectivity index (χ0n) is 14.1. The lowest BCUT2D eigenvalue weighted by molar-refractivity contribution is 0.0601. The number of aromatic nitrogens is 2. The van der Waals surface area contributed by atoms with Gasteiger partial charge in [0.1, 0.15) is 0 Å². The predicted octanol–water partition coefficient (Wildman–Crippen LogP) is 2.85. The zero-order chi connectivity index (χ0) is 16.4. The van der Waals surface area contributed by atoms with E-state index >= 15 is 0 Å². The molecule has 1 aliphatic rings. The van der Waals surface area contributed by atoms with Crippen LogP contribution in [0.2, 0.25) is 0 Å². The van der Waals surface area contributed by atoms with Crippen molar-refractivity contribution in [2.75, 3.05) is 25.5 Å². The Bertz CT molecular complexity index is 692. The Morgan fingerprint density at radius 3 is 2.78 bits per heavy atom. The number of likely N-dealkylation sites (tertiary alicyclic amines) is 1. The molecule has 0 N–H and O–H groups in total. The van der Waals surface area contributed by atoms with Gasteiger partial charge in [0.25, 0.3) is 5.91 Å². The molecule has 5 heteroatoms. The van der Waals surface area contributed by atoms with Crippen molar-refractivity contribution >= 4 is 11.6 Å². The molecule has 0 aliphatic carbocycles. The van der Waals surface area contributed by atoms with Crippen molar-refractivity contribution in [3.8, 4) is 0 Å². The number of nitrogens with zero attached hydrogens (tertiary/aromatic N) is 4. The topological polar surface area (TPSA) is 41.4 Å². The molecular formula is C18H24N4O. The van der Waals surface area contributed by atoms with Crippen molar-refractivity contribution in [2.45, 2.75) is 25.3 Å². The number of rotatable bonds is 3. The van der Waals surface area contributed by atoms with Gasteiger partial charge in [0.05, 0.1) is 11.7 Å². The smallest absolute Gasteiger partial charge is 0.254 e. The number of hydrogen-bond acceptors (Lipinski definition) is 3. The molecule has 1 aliphatic heterocycles. The maximum absolute atomic E-state index is 13.1. The van der Waals surface area contributed by atoms with Gasteiger partial charge >= 0.3 is 0 Å². The van der Waals surface area contributed by atoms with Crippen LogP contribution < -0.4 is 4.90 Å². The van der Waals surface area contributed by atoms with Gasteiger partial charge in [-0.1, -0.05) is 6.07 Å². The monoisotopic (exact) mass is 312 g/mol. The Hall–Kier alpha value is -2.30. The van der Waals surface area contributed by atoms with Gasteiger partial charge < -0.3 is 9.80 Å². The molecule has 1 unspecified atom stereocenters. The summed E-state index contributed by atoms with van der Waals surface area (Å²) in [6.07, 6.45) is 5.02. The molecule has 0 bridgehead atoms. The summed E-state index contributed by atoms with van der Waals surface area (Å²) in [5.41, 5.74) is 2.91. The van der Waals surface area contributed by atoms with Gasteiger partial charge in [-0.15, -0.1) is 0 Å². The van der Waals surface area contributed by atoms with Crippen LogP contribution in [0.5, 0.6) is 0 Å². The van der Waals surface area contributed by atoms with Crippen LogP contribution in [0, 0.1) is 0 Å². The summed E-state index contributed by atoms with van der Waals surface area (Å²) in [5, 5.41) is 4.27. The number of piperidine rings is 1. The number of carbonyl (C=O) groups is 1. The number of carbonyl (C=O) groups excluding carboxylic acids is 1. The fourth-order valence-electron chi connectivity index (χ4n) is 3.28. The Labute approximate surface area is 137 Å². The van der Waals surface area contributed by atoms with E-state index in [1.165, 1.54) is 0 Å². The lowest BCUT2D eigenvalue weighted by Gasteiger charge is -2.36. The van der Waals surface area contributed by atoms with E-state index in [1.54, 1.807) is 6.20 Å². The van der Waals surface area contributed by atoms with E-state index in [4.69, 9.17) is 0 Å². The van der Waals surface area contributed by atoms with Crippen LogP contribution in [-0.4, -0.2) is 41.2 Å². The van der Waals surface area contributed by atoms with Crippen LogP contribution in [-0.2, 0) is 7.05 Å². The zero-order valence-corrected chi connectivity index (χ0v) is 14.1. The highest BCUT2D eigenvalue weighted by Crippen LogP contribution is 2.32. The SMILES string of the molecule is CN(C)c1cccc(C(=O)N2CCCCC2c2ccnn2C)c1. The second-order valence-corrected chi connectivity index (χ2v) is 6.33. The number of aryl methyl sites for hydroxylation is 1. The quantitative estimate of drug-likeness (QED) is 0.875. The minimum absolute atomic E-state index is 0.111. The van der Waals surface area contributed by atoms with Crippen LogP contribution in [0.3, 0.4) is 0 Å². The third kappa shape index (κ3) is 3.09. The van der Waals surface area contributed by atoms with Crippen molar-refractivity contribution in [1.29, 1.82) is 0 Å². The Morgan fingerprint density at radius 2 is 2.09 bits per heavy atom. The van der Waals surface area contributed by atoms with Gasteiger partial charge in [-0.3, -0.25) is 9.48 Å². The van der Waals surface area contributed by atoms with Gasteiger partial charge in [-0.05, 0) is 43.5 Å². The molecule has 1 saturated heterocycles. The third-order valence-electron chi connectivity index (χ3n) is 4.57. The second-order valence-electron chi connectivity index (χ2n) is 6.33. The van der Waals surface area contributed by atoms with Crippen LogP contribution in [0.1, 0.15) is 41.4 Å². The normalized spacial score (nSPS) is 18.0. The molecule has 1 atom stereocenters. The summed E-state index contributed by atoms with van der Waals surface area (Å²) in [6.45, 7) is 0.806. The average Bonchev–Trinajstić information content (AvgIpc) is 3.00. The van der Waals surface area contributed by atoms with Gasteiger partial charge in [0, 0.05) is 45.1 Å². The molecule has 1 fully saturated rings. The summed E-state index contributed by atoms with van der Waals surface area (Å²) >= 11 is 0. The van der Waals surface area contributed by atoms with Gasteiger partial charge in [0.2, 0.25) is 0 Å². The Balaban J connectivity index is 1.90. The molecule has 0 spiro atoms. The largest absolute Gasteiger partial charge is 0.378 e. The number of amides is 1. The van der Waals surface area contributed by atoms with Gasteiger partial charge in [0.15, 0.2) is 0 Å². The summed E-state index contributed by atoms with van der Waals surface area (Å²) < 4.78 is 1.88. The van der Waals surface area contributed by atoms with E-state index in [9.17, 15) is 4.79 Å². The molecule has 1 aromatic carbocycles. The molecule has 1 aromatic heterocycles. The van der Waals surface area contributed by atoms with E-state index in [0.717, 1.165) is 42.8 Å². The first kappa shape index (κ1) is 15.6. The van der Waals surface area contributed by atoms with E-state index in [2.05, 4.69) is 5.10 Å². The first-order valence-electron chi connectivity index (χ1n) is 8.14. The van der Waals surface area contributed by atoms with E-state index in [0.29, 0.717) is 0 Å². The first-order valence-corrected chi connectivity index (χ1v) is 8.14. The van der Waals surface area contributed by atoms with Crippen molar-refractivity contribution < 1.29 is 4.79 Å². The van der Waals surface area contributed by atoms with Gasteiger partial charge in [-0.25, -0.2) is 0 Å². The van der Waals surface area contributed by atoms with E-state index in [1.807, 2.05) is 66.0 Å². The number of hydrogen-bond donors (Lipinski definition) is 0. The number of anilines is 1. The molecule has 3 rings (SSSR count). The van der Waals surface area contributed by atoms with E-state index in [-0.39, 0.29) is 11.9 Å². The maximum atomic E-state index is 13.1. The lowest BCUT2D eigenvalue weighted by Crippen LogP contribution is -2.39. The molecule has 0 radical (unpaired) electrons. The molecule has 2 heterocycles. The highest BCUT2D eigenvalue weighted by atomic mass is 16.2. The van der Waals surface area contributed by atoms with E-state index < -0.39 is 0 Å². The highest BCUT2D eigenvalue weighted by Gasteiger charge is 2.30. The molecule has 2 aromatic rings. The van der Waals surface area contributed by atoms with Crippen LogP contribution in [0.25, 0.3) is 0 Å². The molecule has 1 amide bonds. The standard InChI is InChI=1S/C18H24N4O/c1-20(2)15-8-6-7-14(13-15)18(23)22-12-5-4-9-17(22)16-10-11-19-21(16)3/h6-8,10-11,13,17H,4-5,9,12H2,1-3H3. The second kappa shape index (κ2) is 6.44. The van der Waals surface area contributed by atoms with Crippen LogP contribution in [0.15, 0.2) is 36.5 Å². The third-order valence-corrected chi connectivity index (χ3v) is 4.57. The number of benzene rings is 1. The van der Waals surface area contributed by atoms with Crippen molar-refractivity contribution in [1.82, 2.24) is 14.7 Å². The first-order chi connectivity index (χ1) is 11.1. The average molecular weight is 312 g/mol. The predicted molar refractivity (Wildman–Crippen MR) is 91.6 cm³/mol. The van der Waals surface area contributed by atoms with Crippen LogP contribution >= 0.6 is 0 Å². The molecule has 122 valence electrons. The summed E-state index contributed by atoms with van der Waals surface area (Å²) in [6, 6.07) is 9.98. The van der Waals surface area contributed by atoms with Crippen molar-refractivity contribution in [3.63, 3.8) is 0 Å². The summed E-state index contributed by atoms with van der Waals surface area (Å²) in [4.78, 5) is 17.1.